The van der Waals surface area contributed by atoms with Crippen molar-refractivity contribution in [1.82, 2.24) is 4.90 Å². The number of ketones is 3. The van der Waals surface area contributed by atoms with E-state index in [0.29, 0.717) is 57.4 Å². The van der Waals surface area contributed by atoms with Gasteiger partial charge in [-0.05, 0) is 71.5 Å². The Morgan fingerprint density at radius 1 is 1.04 bits per heavy atom. The van der Waals surface area contributed by atoms with Crippen molar-refractivity contribution in [3.8, 4) is 0 Å². The number of likely N-dealkylation sites (tertiary alicyclic amines) is 1. The Morgan fingerprint density at radius 3 is 2.42 bits per heavy atom. The smallest absolute Gasteiger partial charge is 0.313 e. The lowest BCUT2D eigenvalue weighted by atomic mass is 9.68. The van der Waals surface area contributed by atoms with Crippen molar-refractivity contribution in [2.45, 2.75) is 148 Å². The summed E-state index contributed by atoms with van der Waals surface area (Å²) in [6.07, 6.45) is 6.77. The third kappa shape index (κ3) is 9.79. The summed E-state index contributed by atoms with van der Waals surface area (Å²) in [7, 11) is 1.63. The van der Waals surface area contributed by atoms with Crippen molar-refractivity contribution in [3.05, 3.63) is 11.6 Å². The highest BCUT2D eigenvalue weighted by atomic mass is 32.2. The fourth-order valence-electron chi connectivity index (χ4n) is 7.51. The van der Waals surface area contributed by atoms with Gasteiger partial charge in [-0.3, -0.25) is 24.0 Å². The third-order valence-electron chi connectivity index (χ3n) is 10.4. The summed E-state index contributed by atoms with van der Waals surface area (Å²) in [5, 5.41) is 0. The maximum Gasteiger partial charge on any atom is 0.313 e. The van der Waals surface area contributed by atoms with Crippen LogP contribution in [-0.4, -0.2) is 101 Å². The Labute approximate surface area is 290 Å². The minimum atomic E-state index is -0.550. The Balaban J connectivity index is 1.15. The minimum absolute atomic E-state index is 0.0488. The van der Waals surface area contributed by atoms with E-state index in [0.717, 1.165) is 19.3 Å². The van der Waals surface area contributed by atoms with E-state index in [1.807, 2.05) is 20.8 Å². The lowest BCUT2D eigenvalue weighted by Crippen LogP contribution is -2.55. The first-order chi connectivity index (χ1) is 22.6. The number of Topliss-reactive ketones (excluding diaryl/α,β-unsaturated/α-hetero) is 3. The molecule has 4 rings (SSSR count). The normalized spacial score (nSPS) is 31.0. The number of rotatable bonds is 18. The Kier molecular flexibility index (Phi) is 13.1. The number of amides is 1. The summed E-state index contributed by atoms with van der Waals surface area (Å²) in [6, 6.07) is -0.397. The number of epoxide rings is 2. The number of ether oxygens (including phenoxy) is 4. The van der Waals surface area contributed by atoms with E-state index in [2.05, 4.69) is 26.8 Å². The lowest BCUT2D eigenvalue weighted by Gasteiger charge is -2.42. The molecule has 1 unspecified atom stereocenters. The molecule has 3 heterocycles. The van der Waals surface area contributed by atoms with Gasteiger partial charge >= 0.3 is 5.97 Å². The molecule has 1 aliphatic carbocycles. The molecule has 7 atom stereocenters. The number of carbonyl (C=O) groups is 5. The SMILES string of the molecule is CO[C@@H]1[C@H](OC(=O)CC(=O)CSCCCC(=O)C2CCCN2C(=O)CCCC(=O)C(C)(C)C)CC[C@]2(CO2)[C@H]1[C@]1(C)O[C@@H]1CC=C(C)C. The standard InChI is InChI=1S/C37H57NO9S/c1-24(2)15-16-30-36(6,47-30)34-33(44-7)28(17-18-37(34)23-45-37)46-32(43)21-25(39)22-48-20-10-12-27(40)26-11-9-19-38(26)31(42)14-8-13-29(41)35(3,4)5/h15,26,28,30,33-34H,8-14,16-23H2,1-7H3/t26?,28-,30-,33-,34-,36-,37+/m1/s1. The highest BCUT2D eigenvalue weighted by Gasteiger charge is 2.72. The van der Waals surface area contributed by atoms with E-state index in [1.54, 1.807) is 12.0 Å². The molecule has 0 radical (unpaired) electrons. The second kappa shape index (κ2) is 16.3. The number of hydrogen-bond acceptors (Lipinski definition) is 10. The van der Waals surface area contributed by atoms with Crippen LogP contribution in [0.15, 0.2) is 11.6 Å². The summed E-state index contributed by atoms with van der Waals surface area (Å²) >= 11 is 1.40. The van der Waals surface area contributed by atoms with Gasteiger partial charge in [-0.2, -0.15) is 11.8 Å². The number of allylic oxidation sites excluding steroid dienone is 1. The molecule has 0 aromatic heterocycles. The highest BCUT2D eigenvalue weighted by molar-refractivity contribution is 7.99. The highest BCUT2D eigenvalue weighted by Crippen LogP contribution is 2.59. The summed E-state index contributed by atoms with van der Waals surface area (Å²) in [5.41, 5.74) is 0.0819. The first-order valence-corrected chi connectivity index (χ1v) is 18.9. The molecule has 4 aliphatic rings. The molecule has 10 nitrogen and oxygen atoms in total. The number of hydrogen-bond donors (Lipinski definition) is 0. The summed E-state index contributed by atoms with van der Waals surface area (Å²) in [4.78, 5) is 65.1. The van der Waals surface area contributed by atoms with Gasteiger partial charge in [0, 0.05) is 38.3 Å². The molecule has 48 heavy (non-hydrogen) atoms. The van der Waals surface area contributed by atoms with Crippen LogP contribution < -0.4 is 0 Å². The molecular weight excluding hydrogens is 634 g/mol. The Morgan fingerprint density at radius 2 is 1.77 bits per heavy atom. The maximum absolute atomic E-state index is 13.0. The molecular formula is C37H57NO9S. The predicted octanol–water partition coefficient (Wildman–Crippen LogP) is 5.42. The van der Waals surface area contributed by atoms with Gasteiger partial charge in [-0.15, -0.1) is 0 Å². The van der Waals surface area contributed by atoms with Crippen LogP contribution in [0.4, 0.5) is 0 Å². The topological polar surface area (TPSA) is 132 Å². The van der Waals surface area contributed by atoms with E-state index < -0.39 is 35.2 Å². The van der Waals surface area contributed by atoms with Crippen molar-refractivity contribution in [1.29, 1.82) is 0 Å². The van der Waals surface area contributed by atoms with Crippen molar-refractivity contribution >= 4 is 41.0 Å². The average molecular weight is 692 g/mol. The van der Waals surface area contributed by atoms with Gasteiger partial charge in [-0.25, -0.2) is 0 Å². The molecule has 1 amide bonds. The average Bonchev–Trinajstić information content (AvgIpc) is 3.86. The summed E-state index contributed by atoms with van der Waals surface area (Å²) < 4.78 is 24.0. The van der Waals surface area contributed by atoms with Crippen LogP contribution in [0.5, 0.6) is 0 Å². The second-order valence-electron chi connectivity index (χ2n) is 15.5. The van der Waals surface area contributed by atoms with E-state index in [1.165, 1.54) is 17.3 Å². The minimum Gasteiger partial charge on any atom is -0.459 e. The number of methoxy groups -OCH3 is 1. The van der Waals surface area contributed by atoms with Gasteiger partial charge in [0.2, 0.25) is 5.91 Å². The van der Waals surface area contributed by atoms with Crippen LogP contribution in [0.2, 0.25) is 0 Å². The van der Waals surface area contributed by atoms with Crippen molar-refractivity contribution < 1.29 is 42.9 Å². The van der Waals surface area contributed by atoms with E-state index in [-0.39, 0.29) is 59.5 Å². The Bertz CT molecular complexity index is 1230. The molecule has 1 spiro atoms. The number of thioether (sulfide) groups is 1. The van der Waals surface area contributed by atoms with Crippen molar-refractivity contribution in [2.24, 2.45) is 11.3 Å². The molecule has 4 fully saturated rings. The molecule has 0 bridgehead atoms. The number of esters is 1. The first-order valence-electron chi connectivity index (χ1n) is 17.7. The first kappa shape index (κ1) is 38.7. The third-order valence-corrected chi connectivity index (χ3v) is 11.5. The zero-order valence-electron chi connectivity index (χ0n) is 30.1. The molecule has 270 valence electrons. The van der Waals surface area contributed by atoms with Gasteiger partial charge in [0.1, 0.15) is 35.6 Å². The molecule has 0 aromatic carbocycles. The van der Waals surface area contributed by atoms with Crippen LogP contribution in [-0.2, 0) is 42.9 Å². The van der Waals surface area contributed by atoms with Gasteiger partial charge in [-0.1, -0.05) is 32.4 Å². The van der Waals surface area contributed by atoms with Crippen molar-refractivity contribution in [2.75, 3.05) is 31.8 Å². The van der Waals surface area contributed by atoms with Crippen molar-refractivity contribution in [3.63, 3.8) is 0 Å². The molecule has 0 N–H and O–H groups in total. The number of carbonyl (C=O) groups excluding carboxylic acids is 5. The van der Waals surface area contributed by atoms with Crippen LogP contribution in [0, 0.1) is 11.3 Å². The fraction of sp³-hybridized carbons (Fsp3) is 0.811. The van der Waals surface area contributed by atoms with Crippen LogP contribution in [0.1, 0.15) is 112 Å². The van der Waals surface area contributed by atoms with Crippen LogP contribution in [0.25, 0.3) is 0 Å². The molecule has 0 aromatic rings. The fourth-order valence-corrected chi connectivity index (χ4v) is 8.34. The monoisotopic (exact) mass is 691 g/mol. The molecule has 11 heteroatoms. The van der Waals surface area contributed by atoms with E-state index >= 15 is 0 Å². The van der Waals surface area contributed by atoms with Crippen LogP contribution in [0.3, 0.4) is 0 Å². The summed E-state index contributed by atoms with van der Waals surface area (Å²) in [5.74, 6) is 0.0608. The van der Waals surface area contributed by atoms with Gasteiger partial charge in [0.15, 0.2) is 11.6 Å². The van der Waals surface area contributed by atoms with E-state index in [9.17, 15) is 24.0 Å². The maximum atomic E-state index is 13.0. The van der Waals surface area contributed by atoms with Crippen LogP contribution >= 0.6 is 11.8 Å². The Hall–Kier alpha value is -2.08. The second-order valence-corrected chi connectivity index (χ2v) is 16.6. The predicted molar refractivity (Wildman–Crippen MR) is 184 cm³/mol. The quantitative estimate of drug-likeness (QED) is 0.0603. The van der Waals surface area contributed by atoms with E-state index in [4.69, 9.17) is 18.9 Å². The lowest BCUT2D eigenvalue weighted by molar-refractivity contribution is -0.172. The number of nitrogens with zero attached hydrogens (tertiary/aromatic N) is 1. The largest absolute Gasteiger partial charge is 0.459 e. The molecule has 3 saturated heterocycles. The zero-order valence-corrected chi connectivity index (χ0v) is 30.9. The molecule has 3 aliphatic heterocycles. The zero-order chi connectivity index (χ0) is 35.3. The van der Waals surface area contributed by atoms with Gasteiger partial charge in [0.25, 0.3) is 0 Å². The summed E-state index contributed by atoms with van der Waals surface area (Å²) in [6.45, 7) is 13.1. The van der Waals surface area contributed by atoms with Gasteiger partial charge in [0.05, 0.1) is 30.4 Å². The molecule has 1 saturated carbocycles. The van der Waals surface area contributed by atoms with Gasteiger partial charge < -0.3 is 23.8 Å².